The van der Waals surface area contributed by atoms with Gasteiger partial charge < -0.3 is 4.90 Å². The molecule has 6 nitrogen and oxygen atoms in total. The first-order valence-corrected chi connectivity index (χ1v) is 9.79. The molecule has 0 aromatic carbocycles. The molecule has 0 aliphatic carbocycles. The molecule has 2 saturated heterocycles. The van der Waals surface area contributed by atoms with Crippen molar-refractivity contribution in [2.45, 2.75) is 25.8 Å². The minimum Gasteiger partial charge on any atom is -0.337 e. The summed E-state index contributed by atoms with van der Waals surface area (Å²) in [6.45, 7) is 5.66. The Morgan fingerprint density at radius 3 is 3.00 bits per heavy atom. The van der Waals surface area contributed by atoms with E-state index in [4.69, 9.17) is 0 Å². The standard InChI is InChI=1S/C17H23N5OS/c1-13-9-18-16-15(10-19-22(16)11-13)17(23)21-5-2-4-20(6-7-21)14-3-8-24-12-14/h9-11,14H,2-8,12H2,1H3. The lowest BCUT2D eigenvalue weighted by Gasteiger charge is -2.26. The second-order valence-corrected chi connectivity index (χ2v) is 7.81. The second kappa shape index (κ2) is 6.72. The Balaban J connectivity index is 1.49. The molecule has 2 aromatic rings. The van der Waals surface area contributed by atoms with Crippen molar-refractivity contribution in [3.05, 3.63) is 29.7 Å². The average Bonchev–Trinajstić information content (AvgIpc) is 3.19. The lowest BCUT2D eigenvalue weighted by atomic mass is 10.2. The van der Waals surface area contributed by atoms with Crippen LogP contribution < -0.4 is 0 Å². The molecule has 2 aliphatic rings. The maximum atomic E-state index is 13.0. The highest BCUT2D eigenvalue weighted by atomic mass is 32.2. The van der Waals surface area contributed by atoms with E-state index >= 15 is 0 Å². The number of thioether (sulfide) groups is 1. The molecule has 128 valence electrons. The van der Waals surface area contributed by atoms with Crippen LogP contribution in [0.25, 0.3) is 5.65 Å². The van der Waals surface area contributed by atoms with Crippen molar-refractivity contribution in [3.63, 3.8) is 0 Å². The van der Waals surface area contributed by atoms with Gasteiger partial charge in [-0.2, -0.15) is 16.9 Å². The van der Waals surface area contributed by atoms with Gasteiger partial charge in [0.25, 0.3) is 5.91 Å². The molecule has 24 heavy (non-hydrogen) atoms. The zero-order valence-corrected chi connectivity index (χ0v) is 14.8. The van der Waals surface area contributed by atoms with Crippen LogP contribution in [0.5, 0.6) is 0 Å². The molecule has 4 heterocycles. The molecule has 2 aromatic heterocycles. The van der Waals surface area contributed by atoms with Gasteiger partial charge in [0.05, 0.1) is 6.20 Å². The first-order chi connectivity index (χ1) is 11.7. The van der Waals surface area contributed by atoms with Crippen molar-refractivity contribution in [3.8, 4) is 0 Å². The lowest BCUT2D eigenvalue weighted by Crippen LogP contribution is -2.39. The Morgan fingerprint density at radius 2 is 2.17 bits per heavy atom. The van der Waals surface area contributed by atoms with E-state index in [1.54, 1.807) is 16.9 Å². The molecule has 1 amide bonds. The van der Waals surface area contributed by atoms with Gasteiger partial charge in [0.15, 0.2) is 5.65 Å². The summed E-state index contributed by atoms with van der Waals surface area (Å²) < 4.78 is 1.70. The van der Waals surface area contributed by atoms with Gasteiger partial charge in [0.1, 0.15) is 5.56 Å². The monoisotopic (exact) mass is 345 g/mol. The molecule has 0 N–H and O–H groups in total. The highest BCUT2D eigenvalue weighted by Gasteiger charge is 2.28. The number of hydrogen-bond acceptors (Lipinski definition) is 5. The summed E-state index contributed by atoms with van der Waals surface area (Å²) in [4.78, 5) is 21.9. The lowest BCUT2D eigenvalue weighted by molar-refractivity contribution is 0.0760. The van der Waals surface area contributed by atoms with E-state index in [-0.39, 0.29) is 5.91 Å². The van der Waals surface area contributed by atoms with Crippen LogP contribution in [0.2, 0.25) is 0 Å². The predicted molar refractivity (Wildman–Crippen MR) is 95.5 cm³/mol. The average molecular weight is 345 g/mol. The molecule has 0 bridgehead atoms. The largest absolute Gasteiger partial charge is 0.337 e. The van der Waals surface area contributed by atoms with E-state index in [9.17, 15) is 4.79 Å². The van der Waals surface area contributed by atoms with Crippen LogP contribution in [0.1, 0.15) is 28.8 Å². The van der Waals surface area contributed by atoms with Crippen LogP contribution in [0.3, 0.4) is 0 Å². The van der Waals surface area contributed by atoms with Crippen LogP contribution in [0.15, 0.2) is 18.6 Å². The van der Waals surface area contributed by atoms with Gasteiger partial charge in [-0.1, -0.05) is 0 Å². The van der Waals surface area contributed by atoms with E-state index in [0.717, 1.165) is 38.2 Å². The van der Waals surface area contributed by atoms with E-state index in [1.807, 2.05) is 29.8 Å². The molecule has 7 heteroatoms. The highest BCUT2D eigenvalue weighted by Crippen LogP contribution is 2.23. The Morgan fingerprint density at radius 1 is 1.25 bits per heavy atom. The van der Waals surface area contributed by atoms with Crippen molar-refractivity contribution < 1.29 is 4.79 Å². The molecule has 0 radical (unpaired) electrons. The Kier molecular flexibility index (Phi) is 4.45. The fourth-order valence-electron chi connectivity index (χ4n) is 3.61. The number of aromatic nitrogens is 3. The van der Waals surface area contributed by atoms with Gasteiger partial charge in [0.2, 0.25) is 0 Å². The minimum atomic E-state index is 0.0593. The number of fused-ring (bicyclic) bond motifs is 1. The summed E-state index contributed by atoms with van der Waals surface area (Å²) in [6.07, 6.45) is 7.67. The first kappa shape index (κ1) is 15.9. The quantitative estimate of drug-likeness (QED) is 0.829. The van der Waals surface area contributed by atoms with Gasteiger partial charge in [-0.05, 0) is 31.1 Å². The minimum absolute atomic E-state index is 0.0593. The number of aryl methyl sites for hydroxylation is 1. The Labute approximate surface area is 146 Å². The summed E-state index contributed by atoms with van der Waals surface area (Å²) >= 11 is 2.05. The topological polar surface area (TPSA) is 53.7 Å². The summed E-state index contributed by atoms with van der Waals surface area (Å²) in [5.41, 5.74) is 2.29. The van der Waals surface area contributed by atoms with Crippen molar-refractivity contribution >= 4 is 23.3 Å². The number of carbonyl (C=O) groups excluding carboxylic acids is 1. The third-order valence-corrected chi connectivity index (χ3v) is 6.10. The molecule has 1 atom stereocenters. The van der Waals surface area contributed by atoms with Gasteiger partial charge >= 0.3 is 0 Å². The van der Waals surface area contributed by atoms with E-state index < -0.39 is 0 Å². The first-order valence-electron chi connectivity index (χ1n) is 8.63. The Hall–Kier alpha value is -1.60. The summed E-state index contributed by atoms with van der Waals surface area (Å²) in [5.74, 6) is 2.58. The summed E-state index contributed by atoms with van der Waals surface area (Å²) in [6, 6.07) is 0.701. The van der Waals surface area contributed by atoms with Gasteiger partial charge in [-0.3, -0.25) is 9.69 Å². The van der Waals surface area contributed by atoms with Crippen LogP contribution in [0.4, 0.5) is 0 Å². The fraction of sp³-hybridized carbons (Fsp3) is 0.588. The van der Waals surface area contributed by atoms with Gasteiger partial charge in [-0.25, -0.2) is 9.50 Å². The summed E-state index contributed by atoms with van der Waals surface area (Å²) in [7, 11) is 0. The third kappa shape index (κ3) is 3.02. The van der Waals surface area contributed by atoms with Crippen LogP contribution in [-0.4, -0.2) is 74.0 Å². The zero-order valence-electron chi connectivity index (χ0n) is 14.0. The SMILES string of the molecule is Cc1cnc2c(C(=O)N3CCCN(C4CCSC4)CC3)cnn2c1. The number of rotatable bonds is 2. The maximum Gasteiger partial charge on any atom is 0.259 e. The van der Waals surface area contributed by atoms with E-state index in [1.165, 1.54) is 17.9 Å². The molecule has 2 aliphatic heterocycles. The number of hydrogen-bond donors (Lipinski definition) is 0. The number of nitrogens with zero attached hydrogens (tertiary/aromatic N) is 5. The zero-order chi connectivity index (χ0) is 16.5. The smallest absolute Gasteiger partial charge is 0.259 e. The van der Waals surface area contributed by atoms with Crippen molar-refractivity contribution in [1.29, 1.82) is 0 Å². The van der Waals surface area contributed by atoms with Gasteiger partial charge in [0, 0.05) is 50.4 Å². The Bertz CT molecular complexity index is 740. The molecular formula is C17H23N5OS. The molecular weight excluding hydrogens is 322 g/mol. The number of carbonyl (C=O) groups is 1. The third-order valence-electron chi connectivity index (χ3n) is 4.96. The maximum absolute atomic E-state index is 13.0. The second-order valence-electron chi connectivity index (χ2n) is 6.66. The summed E-state index contributed by atoms with van der Waals surface area (Å²) in [5, 5.41) is 4.29. The molecule has 1 unspecified atom stereocenters. The highest BCUT2D eigenvalue weighted by molar-refractivity contribution is 7.99. The van der Waals surface area contributed by atoms with Crippen LogP contribution in [-0.2, 0) is 0 Å². The van der Waals surface area contributed by atoms with Crippen LogP contribution in [0, 0.1) is 6.92 Å². The predicted octanol–water partition coefficient (Wildman–Crippen LogP) is 1.69. The molecule has 0 saturated carbocycles. The number of amides is 1. The van der Waals surface area contributed by atoms with Crippen molar-refractivity contribution in [2.24, 2.45) is 0 Å². The van der Waals surface area contributed by atoms with E-state index in [0.29, 0.717) is 17.3 Å². The molecule has 4 rings (SSSR count). The van der Waals surface area contributed by atoms with E-state index in [2.05, 4.69) is 15.0 Å². The molecule has 2 fully saturated rings. The molecule has 0 spiro atoms. The van der Waals surface area contributed by atoms with Crippen molar-refractivity contribution in [2.75, 3.05) is 37.7 Å². The fourth-order valence-corrected chi connectivity index (χ4v) is 4.86. The van der Waals surface area contributed by atoms with Crippen LogP contribution >= 0.6 is 11.8 Å². The van der Waals surface area contributed by atoms with Crippen molar-refractivity contribution in [1.82, 2.24) is 24.4 Å². The van der Waals surface area contributed by atoms with Gasteiger partial charge in [-0.15, -0.1) is 0 Å². The normalized spacial score (nSPS) is 22.9.